The van der Waals surface area contributed by atoms with E-state index in [-0.39, 0.29) is 17.9 Å². The molecule has 1 aromatic carbocycles. The van der Waals surface area contributed by atoms with Crippen molar-refractivity contribution in [2.45, 2.75) is 25.0 Å². The summed E-state index contributed by atoms with van der Waals surface area (Å²) in [7, 11) is 0. The number of halogens is 2. The van der Waals surface area contributed by atoms with Gasteiger partial charge < -0.3 is 10.0 Å². The molecule has 0 saturated carbocycles. The van der Waals surface area contributed by atoms with Crippen LogP contribution in [0.1, 0.15) is 12.8 Å². The molecule has 1 N–H and O–H groups in total. The molecule has 3 aromatic heterocycles. The number of hydrogen-bond acceptors (Lipinski definition) is 6. The van der Waals surface area contributed by atoms with Crippen molar-refractivity contribution in [2.75, 3.05) is 18.0 Å². The Kier molecular flexibility index (Phi) is 5.15. The van der Waals surface area contributed by atoms with Crippen molar-refractivity contribution in [3.05, 3.63) is 76.3 Å². The molecule has 0 unspecified atom stereocenters. The smallest absolute Gasteiger partial charge is 0.264 e. The zero-order valence-corrected chi connectivity index (χ0v) is 17.8. The van der Waals surface area contributed by atoms with Crippen molar-refractivity contribution in [3.8, 4) is 5.69 Å². The minimum atomic E-state index is -1.05. The SMILES string of the molecule is O=c1c2cnn(-c3ccc(F)cc3)c2ncn1CC1(O)CCN(c2ncccc2Cl)CC1. The summed E-state index contributed by atoms with van der Waals surface area (Å²) in [5.74, 6) is 0.342. The number of aliphatic hydroxyl groups is 1. The van der Waals surface area contributed by atoms with Gasteiger partial charge in [0.25, 0.3) is 5.56 Å². The van der Waals surface area contributed by atoms with Gasteiger partial charge in [0, 0.05) is 19.3 Å². The Hall–Kier alpha value is -3.30. The highest BCUT2D eigenvalue weighted by atomic mass is 35.5. The van der Waals surface area contributed by atoms with Crippen LogP contribution in [-0.2, 0) is 6.54 Å². The second-order valence-electron chi connectivity index (χ2n) is 7.97. The number of anilines is 1. The van der Waals surface area contributed by atoms with Crippen LogP contribution < -0.4 is 10.5 Å². The zero-order valence-electron chi connectivity index (χ0n) is 17.0. The molecule has 164 valence electrons. The lowest BCUT2D eigenvalue weighted by Crippen LogP contribution is -2.48. The van der Waals surface area contributed by atoms with Gasteiger partial charge in [0.1, 0.15) is 23.3 Å². The third kappa shape index (κ3) is 3.74. The minimum Gasteiger partial charge on any atom is -0.388 e. The van der Waals surface area contributed by atoms with Gasteiger partial charge >= 0.3 is 0 Å². The van der Waals surface area contributed by atoms with Crippen molar-refractivity contribution >= 4 is 28.5 Å². The molecule has 1 fully saturated rings. The van der Waals surface area contributed by atoms with Crippen molar-refractivity contribution in [1.82, 2.24) is 24.3 Å². The Bertz CT molecular complexity index is 1330. The van der Waals surface area contributed by atoms with Gasteiger partial charge in [-0.05, 0) is 49.2 Å². The fourth-order valence-electron chi connectivity index (χ4n) is 4.05. The monoisotopic (exact) mass is 454 g/mol. The van der Waals surface area contributed by atoms with E-state index < -0.39 is 5.60 Å². The first-order valence-corrected chi connectivity index (χ1v) is 10.6. The van der Waals surface area contributed by atoms with Crippen molar-refractivity contribution in [2.24, 2.45) is 0 Å². The van der Waals surface area contributed by atoms with Gasteiger partial charge in [-0.2, -0.15) is 5.10 Å². The lowest BCUT2D eigenvalue weighted by atomic mass is 9.91. The third-order valence-electron chi connectivity index (χ3n) is 5.82. The predicted molar refractivity (Wildman–Crippen MR) is 119 cm³/mol. The number of benzene rings is 1. The van der Waals surface area contributed by atoms with Crippen LogP contribution in [0.4, 0.5) is 10.2 Å². The Morgan fingerprint density at radius 2 is 1.88 bits per heavy atom. The standard InChI is InChI=1S/C22H20ClFN6O2/c23-18-2-1-9-25-20(18)28-10-7-22(32,8-11-28)13-29-14-26-19-17(21(29)31)12-27-30(19)16-5-3-15(24)4-6-16/h1-6,9,12,14,32H,7-8,10-11,13H2. The van der Waals surface area contributed by atoms with Gasteiger partial charge in [-0.15, -0.1) is 0 Å². The molecule has 1 aliphatic rings. The second-order valence-corrected chi connectivity index (χ2v) is 8.38. The average molecular weight is 455 g/mol. The van der Waals surface area contributed by atoms with Crippen LogP contribution in [0.5, 0.6) is 0 Å². The molecule has 4 aromatic rings. The predicted octanol–water partition coefficient (Wildman–Crippen LogP) is 2.80. The summed E-state index contributed by atoms with van der Waals surface area (Å²) in [5.41, 5.74) is -0.356. The third-order valence-corrected chi connectivity index (χ3v) is 6.12. The highest BCUT2D eigenvalue weighted by Gasteiger charge is 2.34. The van der Waals surface area contributed by atoms with E-state index in [1.54, 1.807) is 30.5 Å². The highest BCUT2D eigenvalue weighted by molar-refractivity contribution is 6.32. The minimum absolute atomic E-state index is 0.125. The summed E-state index contributed by atoms with van der Waals surface area (Å²) >= 11 is 6.24. The van der Waals surface area contributed by atoms with Gasteiger partial charge in [-0.3, -0.25) is 9.36 Å². The van der Waals surface area contributed by atoms with E-state index in [9.17, 15) is 14.3 Å². The summed E-state index contributed by atoms with van der Waals surface area (Å²) in [5, 5.41) is 16.3. The van der Waals surface area contributed by atoms with E-state index in [0.29, 0.717) is 53.5 Å². The number of piperidine rings is 1. The topological polar surface area (TPSA) is 89.1 Å². The number of aromatic nitrogens is 5. The van der Waals surface area contributed by atoms with Gasteiger partial charge in [0.05, 0.1) is 29.1 Å². The van der Waals surface area contributed by atoms with E-state index in [4.69, 9.17) is 11.6 Å². The molecule has 32 heavy (non-hydrogen) atoms. The lowest BCUT2D eigenvalue weighted by Gasteiger charge is -2.39. The number of hydrogen-bond donors (Lipinski definition) is 1. The quantitative estimate of drug-likeness (QED) is 0.510. The molecule has 0 aliphatic carbocycles. The zero-order chi connectivity index (χ0) is 22.3. The summed E-state index contributed by atoms with van der Waals surface area (Å²) in [6.45, 7) is 1.26. The maximum Gasteiger partial charge on any atom is 0.264 e. The van der Waals surface area contributed by atoms with Gasteiger partial charge in [-0.1, -0.05) is 11.6 Å². The number of pyridine rings is 1. The van der Waals surface area contributed by atoms with E-state index in [1.165, 1.54) is 33.9 Å². The summed E-state index contributed by atoms with van der Waals surface area (Å²) < 4.78 is 16.1. The average Bonchev–Trinajstić information content (AvgIpc) is 3.22. The normalized spacial score (nSPS) is 15.9. The van der Waals surface area contributed by atoms with Crippen LogP contribution in [0.2, 0.25) is 5.02 Å². The first-order valence-electron chi connectivity index (χ1n) is 10.2. The maximum absolute atomic E-state index is 13.2. The lowest BCUT2D eigenvalue weighted by molar-refractivity contribution is -0.00111. The van der Waals surface area contributed by atoms with E-state index in [0.717, 1.165) is 0 Å². The van der Waals surface area contributed by atoms with Crippen molar-refractivity contribution in [1.29, 1.82) is 0 Å². The van der Waals surface area contributed by atoms with Gasteiger partial charge in [0.15, 0.2) is 5.65 Å². The van der Waals surface area contributed by atoms with E-state index >= 15 is 0 Å². The molecule has 0 spiro atoms. The van der Waals surface area contributed by atoms with Gasteiger partial charge in [0.2, 0.25) is 0 Å². The summed E-state index contributed by atoms with van der Waals surface area (Å²) in [4.78, 5) is 23.8. The molecule has 1 saturated heterocycles. The van der Waals surface area contributed by atoms with Crippen LogP contribution >= 0.6 is 11.6 Å². The van der Waals surface area contributed by atoms with Crippen LogP contribution in [0, 0.1) is 5.82 Å². The molecule has 8 nitrogen and oxygen atoms in total. The summed E-state index contributed by atoms with van der Waals surface area (Å²) in [6.07, 6.45) is 5.47. The first kappa shape index (κ1) is 20.6. The molecule has 5 rings (SSSR count). The van der Waals surface area contributed by atoms with Gasteiger partial charge in [-0.25, -0.2) is 19.0 Å². The molecular formula is C22H20ClFN6O2. The molecule has 0 bridgehead atoms. The Balaban J connectivity index is 1.37. The fourth-order valence-corrected chi connectivity index (χ4v) is 4.29. The van der Waals surface area contributed by atoms with Crippen LogP contribution in [0.25, 0.3) is 16.7 Å². The number of fused-ring (bicyclic) bond motifs is 1. The first-order chi connectivity index (χ1) is 15.4. The maximum atomic E-state index is 13.2. The van der Waals surface area contributed by atoms with E-state index in [1.807, 2.05) is 4.90 Å². The molecule has 10 heteroatoms. The number of rotatable bonds is 4. The number of nitrogens with zero attached hydrogens (tertiary/aromatic N) is 6. The Morgan fingerprint density at radius 1 is 1.12 bits per heavy atom. The molecule has 4 heterocycles. The van der Waals surface area contributed by atoms with Crippen molar-refractivity contribution < 1.29 is 9.50 Å². The highest BCUT2D eigenvalue weighted by Crippen LogP contribution is 2.30. The Labute approximate surface area is 187 Å². The van der Waals surface area contributed by atoms with Crippen LogP contribution in [0.15, 0.2) is 59.9 Å². The Morgan fingerprint density at radius 3 is 2.59 bits per heavy atom. The largest absolute Gasteiger partial charge is 0.388 e. The van der Waals surface area contributed by atoms with Crippen LogP contribution in [0.3, 0.4) is 0 Å². The second kappa shape index (κ2) is 7.99. The summed E-state index contributed by atoms with van der Waals surface area (Å²) in [6, 6.07) is 9.35. The van der Waals surface area contributed by atoms with Crippen LogP contribution in [-0.4, -0.2) is 48.1 Å². The molecular weight excluding hydrogens is 435 g/mol. The molecule has 0 atom stereocenters. The van der Waals surface area contributed by atoms with E-state index in [2.05, 4.69) is 15.1 Å². The molecule has 0 radical (unpaired) electrons. The molecule has 1 aliphatic heterocycles. The molecule has 0 amide bonds. The van der Waals surface area contributed by atoms with Crippen molar-refractivity contribution in [3.63, 3.8) is 0 Å². The fraction of sp³-hybridized carbons (Fsp3) is 0.273.